The van der Waals surface area contributed by atoms with Crippen LogP contribution in [0.4, 0.5) is 0 Å². The van der Waals surface area contributed by atoms with E-state index in [1.165, 1.54) is 0 Å². The van der Waals surface area contributed by atoms with Crippen molar-refractivity contribution in [3.8, 4) is 0 Å². The highest BCUT2D eigenvalue weighted by molar-refractivity contribution is 4.99. The van der Waals surface area contributed by atoms with E-state index in [0.717, 1.165) is 13.2 Å². The number of hydrogen-bond donors (Lipinski definition) is 1. The third-order valence-corrected chi connectivity index (χ3v) is 2.05. The fraction of sp³-hybridized carbons (Fsp3) is 0.500. The van der Waals surface area contributed by atoms with Gasteiger partial charge in [0.1, 0.15) is 0 Å². The van der Waals surface area contributed by atoms with Crippen LogP contribution < -0.4 is 5.32 Å². The van der Waals surface area contributed by atoms with Gasteiger partial charge in [-0.15, -0.1) is 0 Å². The summed E-state index contributed by atoms with van der Waals surface area (Å²) in [5.41, 5.74) is 0. The quantitative estimate of drug-likeness (QED) is 0.681. The first-order valence-corrected chi connectivity index (χ1v) is 5.14. The minimum absolute atomic E-state index is 0.409. The zero-order valence-corrected chi connectivity index (χ0v) is 8.94. The predicted octanol–water partition coefficient (Wildman–Crippen LogP) is 2.07. The van der Waals surface area contributed by atoms with E-state index in [4.69, 9.17) is 4.74 Å². The average Bonchev–Trinajstić information content (AvgIpc) is 2.26. The van der Waals surface area contributed by atoms with Gasteiger partial charge in [-0.05, 0) is 13.8 Å². The van der Waals surface area contributed by atoms with Crippen molar-refractivity contribution < 1.29 is 4.74 Å². The molecule has 0 aliphatic carbocycles. The molecule has 2 atom stereocenters. The zero-order valence-electron chi connectivity index (χ0n) is 8.94. The summed E-state index contributed by atoms with van der Waals surface area (Å²) in [6, 6.07) is 12.5. The summed E-state index contributed by atoms with van der Waals surface area (Å²) in [4.78, 5) is 0. The molecule has 0 radical (unpaired) electrons. The standard InChI is InChI=1S/C6H13NO.C6H6/c1-5-4-8-6(2)3-7-5;1-2-4-6-5-3-1/h5-7H,3-4H2,1-2H3;1-6H/t5-,6?;/m0./s1. The summed E-state index contributed by atoms with van der Waals surface area (Å²) in [6.07, 6.45) is 0.409. The van der Waals surface area contributed by atoms with E-state index in [1.807, 2.05) is 36.4 Å². The largest absolute Gasteiger partial charge is 0.376 e. The number of nitrogens with one attached hydrogen (secondary N) is 1. The van der Waals surface area contributed by atoms with Gasteiger partial charge < -0.3 is 10.1 Å². The summed E-state index contributed by atoms with van der Waals surface area (Å²) >= 11 is 0. The summed E-state index contributed by atoms with van der Waals surface area (Å²) in [6.45, 7) is 6.08. The van der Waals surface area contributed by atoms with Gasteiger partial charge in [0.05, 0.1) is 12.7 Å². The Morgan fingerprint density at radius 3 is 1.79 bits per heavy atom. The van der Waals surface area contributed by atoms with Crippen molar-refractivity contribution >= 4 is 0 Å². The van der Waals surface area contributed by atoms with Gasteiger partial charge in [-0.25, -0.2) is 0 Å². The van der Waals surface area contributed by atoms with Crippen LogP contribution in [-0.4, -0.2) is 25.3 Å². The Labute approximate surface area is 86.3 Å². The van der Waals surface area contributed by atoms with Crippen molar-refractivity contribution in [2.45, 2.75) is 26.0 Å². The van der Waals surface area contributed by atoms with Crippen LogP contribution in [0.1, 0.15) is 13.8 Å². The molecule has 1 N–H and O–H groups in total. The van der Waals surface area contributed by atoms with Crippen LogP contribution in [0.5, 0.6) is 0 Å². The topological polar surface area (TPSA) is 21.3 Å². The highest BCUT2D eigenvalue weighted by Crippen LogP contribution is 1.97. The molecule has 2 rings (SSSR count). The second-order valence-corrected chi connectivity index (χ2v) is 3.61. The Bertz CT molecular complexity index is 180. The molecule has 1 saturated heterocycles. The summed E-state index contributed by atoms with van der Waals surface area (Å²) in [7, 11) is 0. The van der Waals surface area contributed by atoms with Crippen LogP contribution >= 0.6 is 0 Å². The molecule has 1 aromatic carbocycles. The number of hydrogen-bond acceptors (Lipinski definition) is 2. The fourth-order valence-corrected chi connectivity index (χ4v) is 1.18. The lowest BCUT2D eigenvalue weighted by atomic mass is 10.3. The van der Waals surface area contributed by atoms with E-state index in [0.29, 0.717) is 12.1 Å². The number of morpholine rings is 1. The molecule has 0 spiro atoms. The SMILES string of the molecule is CC1CN[C@@H](C)CO1.c1ccccc1. The molecule has 1 heterocycles. The Morgan fingerprint density at radius 1 is 1.00 bits per heavy atom. The van der Waals surface area contributed by atoms with Crippen molar-refractivity contribution in [3.05, 3.63) is 36.4 Å². The molecule has 1 aliphatic rings. The van der Waals surface area contributed by atoms with Crippen LogP contribution in [-0.2, 0) is 4.74 Å². The van der Waals surface area contributed by atoms with Crippen LogP contribution in [0, 0.1) is 0 Å². The monoisotopic (exact) mass is 193 g/mol. The highest BCUT2D eigenvalue weighted by atomic mass is 16.5. The Hall–Kier alpha value is -0.860. The third kappa shape index (κ3) is 5.00. The van der Waals surface area contributed by atoms with Gasteiger partial charge in [0, 0.05) is 12.6 Å². The van der Waals surface area contributed by atoms with E-state index >= 15 is 0 Å². The number of benzene rings is 1. The highest BCUT2D eigenvalue weighted by Gasteiger charge is 2.12. The first-order chi connectivity index (χ1) is 6.79. The molecule has 0 amide bonds. The van der Waals surface area contributed by atoms with Crippen molar-refractivity contribution in [1.82, 2.24) is 5.32 Å². The minimum Gasteiger partial charge on any atom is -0.376 e. The average molecular weight is 193 g/mol. The van der Waals surface area contributed by atoms with Gasteiger partial charge in [-0.2, -0.15) is 0 Å². The van der Waals surface area contributed by atoms with Crippen molar-refractivity contribution in [1.29, 1.82) is 0 Å². The van der Waals surface area contributed by atoms with Crippen LogP contribution in [0.2, 0.25) is 0 Å². The van der Waals surface area contributed by atoms with Crippen LogP contribution in [0.25, 0.3) is 0 Å². The molecule has 2 heteroatoms. The smallest absolute Gasteiger partial charge is 0.0672 e. The lowest BCUT2D eigenvalue weighted by molar-refractivity contribution is 0.0196. The molecule has 78 valence electrons. The molecule has 1 aromatic rings. The molecule has 14 heavy (non-hydrogen) atoms. The molecule has 2 nitrogen and oxygen atoms in total. The van der Waals surface area contributed by atoms with Crippen LogP contribution in [0.15, 0.2) is 36.4 Å². The Balaban J connectivity index is 0.000000146. The van der Waals surface area contributed by atoms with Gasteiger partial charge in [0.15, 0.2) is 0 Å². The van der Waals surface area contributed by atoms with Gasteiger partial charge in [0.25, 0.3) is 0 Å². The van der Waals surface area contributed by atoms with Gasteiger partial charge in [0.2, 0.25) is 0 Å². The fourth-order valence-electron chi connectivity index (χ4n) is 1.18. The maximum absolute atomic E-state index is 5.33. The molecular weight excluding hydrogens is 174 g/mol. The molecule has 1 fully saturated rings. The lowest BCUT2D eigenvalue weighted by Crippen LogP contribution is -2.43. The lowest BCUT2D eigenvalue weighted by Gasteiger charge is -2.25. The second kappa shape index (κ2) is 6.57. The summed E-state index contributed by atoms with van der Waals surface area (Å²) < 4.78 is 5.33. The van der Waals surface area contributed by atoms with Crippen molar-refractivity contribution in [3.63, 3.8) is 0 Å². The summed E-state index contributed by atoms with van der Waals surface area (Å²) in [5, 5.41) is 3.31. The molecule has 0 saturated carbocycles. The Morgan fingerprint density at radius 2 is 1.50 bits per heavy atom. The first kappa shape index (κ1) is 11.2. The number of ether oxygens (including phenoxy) is 1. The first-order valence-electron chi connectivity index (χ1n) is 5.14. The van der Waals surface area contributed by atoms with E-state index in [-0.39, 0.29) is 0 Å². The van der Waals surface area contributed by atoms with E-state index in [1.54, 1.807) is 0 Å². The maximum atomic E-state index is 5.33. The van der Waals surface area contributed by atoms with E-state index in [9.17, 15) is 0 Å². The minimum atomic E-state index is 0.409. The van der Waals surface area contributed by atoms with Crippen molar-refractivity contribution in [2.24, 2.45) is 0 Å². The molecule has 1 unspecified atom stereocenters. The molecule has 1 aliphatic heterocycles. The number of rotatable bonds is 0. The second-order valence-electron chi connectivity index (χ2n) is 3.61. The maximum Gasteiger partial charge on any atom is 0.0672 e. The van der Waals surface area contributed by atoms with Gasteiger partial charge in [-0.3, -0.25) is 0 Å². The van der Waals surface area contributed by atoms with E-state index < -0.39 is 0 Å². The van der Waals surface area contributed by atoms with Crippen molar-refractivity contribution in [2.75, 3.05) is 13.2 Å². The molecule has 0 aromatic heterocycles. The normalized spacial score (nSPS) is 26.1. The predicted molar refractivity (Wildman–Crippen MR) is 59.3 cm³/mol. The third-order valence-electron chi connectivity index (χ3n) is 2.05. The van der Waals surface area contributed by atoms with Gasteiger partial charge >= 0.3 is 0 Å². The molecule has 0 bridgehead atoms. The van der Waals surface area contributed by atoms with E-state index in [2.05, 4.69) is 19.2 Å². The zero-order chi connectivity index (χ0) is 10.2. The summed E-state index contributed by atoms with van der Waals surface area (Å²) in [5.74, 6) is 0. The Kier molecular flexibility index (Phi) is 5.27. The van der Waals surface area contributed by atoms with Gasteiger partial charge in [-0.1, -0.05) is 36.4 Å². The van der Waals surface area contributed by atoms with Crippen LogP contribution in [0.3, 0.4) is 0 Å². The molecular formula is C12H19NO.